The van der Waals surface area contributed by atoms with Crippen LogP contribution in [0, 0.1) is 0 Å². The molecule has 4 heterocycles. The molecule has 9 nitrogen and oxygen atoms in total. The summed E-state index contributed by atoms with van der Waals surface area (Å²) >= 11 is 1.38. The molecule has 2 amide bonds. The van der Waals surface area contributed by atoms with Crippen molar-refractivity contribution in [2.75, 3.05) is 12.4 Å². The average Bonchev–Trinajstić information content (AvgIpc) is 3.57. The molecule has 1 aromatic carbocycles. The highest BCUT2D eigenvalue weighted by molar-refractivity contribution is 7.99. The number of urea groups is 1. The molecule has 5 rings (SSSR count). The summed E-state index contributed by atoms with van der Waals surface area (Å²) in [5.74, 6) is 1.17. The summed E-state index contributed by atoms with van der Waals surface area (Å²) in [5, 5.41) is 7.05. The Morgan fingerprint density at radius 3 is 2.68 bits per heavy atom. The maximum absolute atomic E-state index is 12.9. The first-order valence-electron chi connectivity index (χ1n) is 10.6. The smallest absolute Gasteiger partial charge is 0.338 e. The van der Waals surface area contributed by atoms with E-state index in [1.807, 2.05) is 24.3 Å². The van der Waals surface area contributed by atoms with E-state index in [-0.39, 0.29) is 17.9 Å². The van der Waals surface area contributed by atoms with Crippen LogP contribution in [-0.2, 0) is 9.53 Å². The lowest BCUT2D eigenvalue weighted by atomic mass is 10.0. The van der Waals surface area contributed by atoms with Gasteiger partial charge in [-0.3, -0.25) is 0 Å². The zero-order valence-electron chi connectivity index (χ0n) is 18.1. The van der Waals surface area contributed by atoms with Crippen molar-refractivity contribution in [1.82, 2.24) is 20.6 Å². The van der Waals surface area contributed by atoms with Gasteiger partial charge in [0.1, 0.15) is 16.8 Å². The van der Waals surface area contributed by atoms with Gasteiger partial charge in [0.25, 0.3) is 0 Å². The van der Waals surface area contributed by atoms with Gasteiger partial charge < -0.3 is 24.2 Å². The molecule has 172 valence electrons. The SMILES string of the molecule is CCOC(=O)C1=C(CSc2nc(-c3ccco3)nc3ccccc23)NC(=O)NC1c1ccco1. The molecular weight excluding hydrogens is 456 g/mol. The van der Waals surface area contributed by atoms with Gasteiger partial charge in [0.15, 0.2) is 11.6 Å². The molecular formula is C24H20N4O5S. The van der Waals surface area contributed by atoms with Gasteiger partial charge in [-0.25, -0.2) is 19.6 Å². The molecule has 0 saturated heterocycles. The zero-order valence-corrected chi connectivity index (χ0v) is 18.9. The lowest BCUT2D eigenvalue weighted by Crippen LogP contribution is -2.46. The number of esters is 1. The van der Waals surface area contributed by atoms with Crippen LogP contribution < -0.4 is 10.6 Å². The monoisotopic (exact) mass is 476 g/mol. The Morgan fingerprint density at radius 1 is 1.09 bits per heavy atom. The van der Waals surface area contributed by atoms with Crippen molar-refractivity contribution in [3.63, 3.8) is 0 Å². The van der Waals surface area contributed by atoms with Gasteiger partial charge >= 0.3 is 12.0 Å². The molecule has 3 aromatic heterocycles. The second-order valence-electron chi connectivity index (χ2n) is 7.30. The van der Waals surface area contributed by atoms with E-state index < -0.39 is 18.0 Å². The van der Waals surface area contributed by atoms with Crippen LogP contribution in [0.5, 0.6) is 0 Å². The molecule has 2 N–H and O–H groups in total. The maximum atomic E-state index is 12.9. The van der Waals surface area contributed by atoms with E-state index in [0.717, 1.165) is 10.9 Å². The van der Waals surface area contributed by atoms with E-state index in [1.54, 1.807) is 37.5 Å². The van der Waals surface area contributed by atoms with Gasteiger partial charge in [-0.2, -0.15) is 0 Å². The number of benzene rings is 1. The Bertz CT molecular complexity index is 1370. The van der Waals surface area contributed by atoms with Gasteiger partial charge in [-0.1, -0.05) is 30.0 Å². The van der Waals surface area contributed by atoms with Crippen molar-refractivity contribution in [3.8, 4) is 11.6 Å². The van der Waals surface area contributed by atoms with Crippen molar-refractivity contribution in [3.05, 3.63) is 78.1 Å². The zero-order chi connectivity index (χ0) is 23.5. The molecule has 0 spiro atoms. The van der Waals surface area contributed by atoms with Crippen molar-refractivity contribution >= 4 is 34.7 Å². The number of rotatable bonds is 7. The predicted octanol–water partition coefficient (Wildman–Crippen LogP) is 4.45. The average molecular weight is 477 g/mol. The first-order valence-corrected chi connectivity index (χ1v) is 11.6. The second kappa shape index (κ2) is 9.44. The number of carbonyl (C=O) groups is 2. The molecule has 0 fully saturated rings. The Labute approximate surface area is 198 Å². The number of aromatic nitrogens is 2. The molecule has 0 bridgehead atoms. The van der Waals surface area contributed by atoms with Crippen LogP contribution >= 0.6 is 11.8 Å². The van der Waals surface area contributed by atoms with Crippen LogP contribution in [-0.4, -0.2) is 34.3 Å². The first-order chi connectivity index (χ1) is 16.6. The van der Waals surface area contributed by atoms with E-state index in [4.69, 9.17) is 18.6 Å². The number of hydrogen-bond acceptors (Lipinski definition) is 8. The van der Waals surface area contributed by atoms with Gasteiger partial charge in [0, 0.05) is 16.8 Å². The normalized spacial score (nSPS) is 15.8. The minimum absolute atomic E-state index is 0.199. The van der Waals surface area contributed by atoms with E-state index in [2.05, 4.69) is 15.6 Å². The third-order valence-corrected chi connectivity index (χ3v) is 6.16. The van der Waals surface area contributed by atoms with Crippen molar-refractivity contribution < 1.29 is 23.2 Å². The maximum Gasteiger partial charge on any atom is 0.338 e. The predicted molar refractivity (Wildman–Crippen MR) is 125 cm³/mol. The van der Waals surface area contributed by atoms with Crippen molar-refractivity contribution in [2.45, 2.75) is 18.0 Å². The van der Waals surface area contributed by atoms with Crippen LogP contribution in [0.1, 0.15) is 18.7 Å². The minimum Gasteiger partial charge on any atom is -0.467 e. The lowest BCUT2D eigenvalue weighted by molar-refractivity contribution is -0.139. The molecule has 34 heavy (non-hydrogen) atoms. The number of nitrogens with zero attached hydrogens (tertiary/aromatic N) is 2. The Balaban J connectivity index is 1.54. The number of para-hydroxylation sites is 1. The summed E-state index contributed by atoms with van der Waals surface area (Å²) in [6, 6.07) is 13.4. The fourth-order valence-electron chi connectivity index (χ4n) is 3.66. The van der Waals surface area contributed by atoms with Crippen molar-refractivity contribution in [1.29, 1.82) is 0 Å². The van der Waals surface area contributed by atoms with Crippen molar-refractivity contribution in [2.24, 2.45) is 0 Å². The van der Waals surface area contributed by atoms with Crippen LogP contribution in [0.15, 0.2) is 86.2 Å². The Kier molecular flexibility index (Phi) is 6.05. The molecule has 1 aliphatic rings. The number of ether oxygens (including phenoxy) is 1. The highest BCUT2D eigenvalue weighted by atomic mass is 32.2. The summed E-state index contributed by atoms with van der Waals surface area (Å²) in [6.07, 6.45) is 3.06. The molecule has 1 atom stereocenters. The van der Waals surface area contributed by atoms with Gasteiger partial charge in [-0.15, -0.1) is 0 Å². The van der Waals surface area contributed by atoms with Gasteiger partial charge in [0.05, 0.1) is 30.2 Å². The fraction of sp³-hybridized carbons (Fsp3) is 0.167. The Morgan fingerprint density at radius 2 is 1.91 bits per heavy atom. The van der Waals surface area contributed by atoms with Gasteiger partial charge in [-0.05, 0) is 37.3 Å². The topological polar surface area (TPSA) is 119 Å². The molecule has 4 aromatic rings. The summed E-state index contributed by atoms with van der Waals surface area (Å²) in [4.78, 5) is 34.6. The van der Waals surface area contributed by atoms with Crippen LogP contribution in [0.3, 0.4) is 0 Å². The molecule has 0 saturated carbocycles. The van der Waals surface area contributed by atoms with E-state index in [9.17, 15) is 9.59 Å². The molecule has 1 aliphatic heterocycles. The number of fused-ring (bicyclic) bond motifs is 1. The van der Waals surface area contributed by atoms with E-state index in [0.29, 0.717) is 28.1 Å². The molecule has 10 heteroatoms. The van der Waals surface area contributed by atoms with E-state index >= 15 is 0 Å². The Hall–Kier alpha value is -4.05. The quantitative estimate of drug-likeness (QED) is 0.228. The van der Waals surface area contributed by atoms with Crippen LogP contribution in [0.2, 0.25) is 0 Å². The van der Waals surface area contributed by atoms with Gasteiger partial charge in [0.2, 0.25) is 0 Å². The molecule has 1 unspecified atom stereocenters. The number of amides is 2. The standard InChI is InChI=1S/C24H20N4O5S/c1-2-31-23(29)19-16(26-24(30)27-20(19)17-9-5-11-32-17)13-34-22-14-7-3-4-8-15(14)25-21(28-22)18-10-6-12-33-18/h3-12,20H,2,13H2,1H3,(H2,26,27,30). The molecule has 0 radical (unpaired) electrons. The fourth-order valence-corrected chi connectivity index (χ4v) is 4.65. The number of hydrogen-bond donors (Lipinski definition) is 2. The summed E-state index contributed by atoms with van der Waals surface area (Å²) in [6.45, 7) is 1.93. The lowest BCUT2D eigenvalue weighted by Gasteiger charge is -2.27. The van der Waals surface area contributed by atoms with Crippen LogP contribution in [0.4, 0.5) is 4.79 Å². The summed E-state index contributed by atoms with van der Waals surface area (Å²) in [5.41, 5.74) is 1.47. The largest absolute Gasteiger partial charge is 0.467 e. The number of carbonyl (C=O) groups excluding carboxylic acids is 2. The highest BCUT2D eigenvalue weighted by Crippen LogP contribution is 2.33. The van der Waals surface area contributed by atoms with E-state index in [1.165, 1.54) is 18.0 Å². The first kappa shape index (κ1) is 21.8. The number of thioether (sulfide) groups is 1. The summed E-state index contributed by atoms with van der Waals surface area (Å²) in [7, 11) is 0. The highest BCUT2D eigenvalue weighted by Gasteiger charge is 2.35. The minimum atomic E-state index is -0.765. The number of furan rings is 2. The third-order valence-electron chi connectivity index (χ3n) is 5.14. The summed E-state index contributed by atoms with van der Waals surface area (Å²) < 4.78 is 16.3. The molecule has 0 aliphatic carbocycles. The second-order valence-corrected chi connectivity index (χ2v) is 8.26. The third kappa shape index (κ3) is 4.27. The van der Waals surface area contributed by atoms with Crippen LogP contribution in [0.25, 0.3) is 22.5 Å². The number of nitrogens with one attached hydrogen (secondary N) is 2.